The minimum absolute atomic E-state index is 0.904. The first-order chi connectivity index (χ1) is 7.72. The van der Waals surface area contributed by atoms with Gasteiger partial charge in [0.2, 0.25) is 0 Å². The molecule has 0 aromatic heterocycles. The second-order valence-corrected chi connectivity index (χ2v) is 4.82. The number of benzene rings is 2. The van der Waals surface area contributed by atoms with Gasteiger partial charge in [-0.2, -0.15) is 0 Å². The van der Waals surface area contributed by atoms with Crippen LogP contribution in [0.25, 0.3) is 11.1 Å². The van der Waals surface area contributed by atoms with Crippen molar-refractivity contribution in [3.05, 3.63) is 51.6 Å². The predicted molar refractivity (Wildman–Crippen MR) is 75.9 cm³/mol. The summed E-state index contributed by atoms with van der Waals surface area (Å²) in [5.41, 5.74) is 3.85. The van der Waals surface area contributed by atoms with E-state index in [2.05, 4.69) is 65.9 Å². The molecule has 2 heteroatoms. The largest absolute Gasteiger partial charge is 0.497 e. The fraction of sp³-hybridized carbons (Fsp3) is 0.143. The molecule has 1 nitrogen and oxygen atoms in total. The van der Waals surface area contributed by atoms with Crippen LogP contribution in [0.4, 0.5) is 0 Å². The van der Waals surface area contributed by atoms with E-state index in [4.69, 9.17) is 4.74 Å². The number of aryl methyl sites for hydroxylation is 1. The zero-order chi connectivity index (χ0) is 11.5. The molecule has 0 saturated carbocycles. The lowest BCUT2D eigenvalue weighted by atomic mass is 10.0. The van der Waals surface area contributed by atoms with E-state index in [0.717, 1.165) is 5.75 Å². The van der Waals surface area contributed by atoms with E-state index in [1.54, 1.807) is 7.11 Å². The molecular formula is C14H13IO. The molecule has 2 rings (SSSR count). The predicted octanol–water partition coefficient (Wildman–Crippen LogP) is 4.28. The van der Waals surface area contributed by atoms with Crippen molar-refractivity contribution in [3.8, 4) is 16.9 Å². The van der Waals surface area contributed by atoms with Crippen LogP contribution in [0.15, 0.2) is 42.5 Å². The van der Waals surface area contributed by atoms with Gasteiger partial charge < -0.3 is 4.74 Å². The average molecular weight is 324 g/mol. The summed E-state index contributed by atoms with van der Waals surface area (Å²) in [6.45, 7) is 2.13. The highest BCUT2D eigenvalue weighted by atomic mass is 127. The molecule has 0 spiro atoms. The number of hydrogen-bond donors (Lipinski definition) is 0. The molecule has 0 radical (unpaired) electrons. The van der Waals surface area contributed by atoms with Crippen LogP contribution in [-0.2, 0) is 0 Å². The molecule has 0 unspecified atom stereocenters. The van der Waals surface area contributed by atoms with Crippen LogP contribution in [0.1, 0.15) is 5.56 Å². The lowest BCUT2D eigenvalue weighted by Crippen LogP contribution is -1.88. The van der Waals surface area contributed by atoms with Crippen molar-refractivity contribution < 1.29 is 4.74 Å². The molecule has 0 N–H and O–H groups in total. The Hall–Kier alpha value is -1.03. The van der Waals surface area contributed by atoms with Crippen LogP contribution >= 0.6 is 22.6 Å². The molecule has 2 aromatic carbocycles. The van der Waals surface area contributed by atoms with Gasteiger partial charge in [0.25, 0.3) is 0 Å². The van der Waals surface area contributed by atoms with Gasteiger partial charge in [-0.15, -0.1) is 0 Å². The molecule has 0 aliphatic carbocycles. The molecule has 0 heterocycles. The molecule has 0 aliphatic heterocycles. The maximum Gasteiger partial charge on any atom is 0.119 e. The number of methoxy groups -OCH3 is 1. The Labute approximate surface area is 110 Å². The molecular weight excluding hydrogens is 311 g/mol. The molecule has 0 atom stereocenters. The van der Waals surface area contributed by atoms with Crippen LogP contribution in [-0.4, -0.2) is 7.11 Å². The second-order valence-electron chi connectivity index (χ2n) is 3.66. The summed E-state index contributed by atoms with van der Waals surface area (Å²) in [6.07, 6.45) is 0. The molecule has 82 valence electrons. The Morgan fingerprint density at radius 2 is 1.75 bits per heavy atom. The van der Waals surface area contributed by atoms with Crippen LogP contribution in [0.3, 0.4) is 0 Å². The molecule has 0 saturated heterocycles. The minimum atomic E-state index is 0.904. The first-order valence-corrected chi connectivity index (χ1v) is 6.20. The van der Waals surface area contributed by atoms with Crippen molar-refractivity contribution in [2.24, 2.45) is 0 Å². The number of hydrogen-bond acceptors (Lipinski definition) is 1. The van der Waals surface area contributed by atoms with E-state index in [1.807, 2.05) is 6.07 Å². The third-order valence-electron chi connectivity index (χ3n) is 2.61. The summed E-state index contributed by atoms with van der Waals surface area (Å²) in [5.74, 6) is 0.904. The monoisotopic (exact) mass is 324 g/mol. The van der Waals surface area contributed by atoms with E-state index < -0.39 is 0 Å². The van der Waals surface area contributed by atoms with Crippen LogP contribution < -0.4 is 4.74 Å². The zero-order valence-corrected chi connectivity index (χ0v) is 11.5. The van der Waals surface area contributed by atoms with Crippen LogP contribution in [0, 0.1) is 10.5 Å². The fourth-order valence-corrected chi connectivity index (χ4v) is 2.49. The maximum atomic E-state index is 5.21. The quantitative estimate of drug-likeness (QED) is 0.750. The van der Waals surface area contributed by atoms with Gasteiger partial charge in [-0.3, -0.25) is 0 Å². The van der Waals surface area contributed by atoms with Crippen molar-refractivity contribution in [2.75, 3.05) is 7.11 Å². The van der Waals surface area contributed by atoms with Gasteiger partial charge in [-0.25, -0.2) is 0 Å². The summed E-state index contributed by atoms with van der Waals surface area (Å²) in [7, 11) is 1.69. The van der Waals surface area contributed by atoms with Gasteiger partial charge in [-0.05, 0) is 64.4 Å². The average Bonchev–Trinajstić information content (AvgIpc) is 2.30. The smallest absolute Gasteiger partial charge is 0.119 e. The second kappa shape index (κ2) is 4.87. The Morgan fingerprint density at radius 1 is 1.00 bits per heavy atom. The van der Waals surface area contributed by atoms with Gasteiger partial charge in [0.05, 0.1) is 7.11 Å². The zero-order valence-electron chi connectivity index (χ0n) is 9.33. The molecule has 0 aliphatic rings. The van der Waals surface area contributed by atoms with Gasteiger partial charge >= 0.3 is 0 Å². The molecule has 0 bridgehead atoms. The van der Waals surface area contributed by atoms with E-state index in [9.17, 15) is 0 Å². The first-order valence-electron chi connectivity index (χ1n) is 5.12. The third-order valence-corrected chi connectivity index (χ3v) is 3.50. The van der Waals surface area contributed by atoms with Crippen molar-refractivity contribution in [2.45, 2.75) is 6.92 Å². The van der Waals surface area contributed by atoms with E-state index in [-0.39, 0.29) is 0 Å². The molecule has 0 amide bonds. The first kappa shape index (κ1) is 11.5. The summed E-state index contributed by atoms with van der Waals surface area (Å²) in [6, 6.07) is 14.6. The van der Waals surface area contributed by atoms with E-state index >= 15 is 0 Å². The lowest BCUT2D eigenvalue weighted by molar-refractivity contribution is 0.414. The van der Waals surface area contributed by atoms with Gasteiger partial charge in [0.15, 0.2) is 0 Å². The molecule has 0 fully saturated rings. The highest BCUT2D eigenvalue weighted by molar-refractivity contribution is 14.1. The van der Waals surface area contributed by atoms with Crippen molar-refractivity contribution >= 4 is 22.6 Å². The van der Waals surface area contributed by atoms with Gasteiger partial charge in [-0.1, -0.05) is 24.3 Å². The van der Waals surface area contributed by atoms with Crippen molar-refractivity contribution in [1.82, 2.24) is 0 Å². The normalized spacial score (nSPS) is 10.2. The Kier molecular flexibility index (Phi) is 3.49. The Morgan fingerprint density at radius 3 is 2.38 bits per heavy atom. The number of halogens is 1. The van der Waals surface area contributed by atoms with Crippen molar-refractivity contribution in [1.29, 1.82) is 0 Å². The number of rotatable bonds is 2. The highest BCUT2D eigenvalue weighted by Crippen LogP contribution is 2.30. The standard InChI is InChI=1S/C14H13IO/c1-10-5-3-4-6-12(10)13-8-7-11(16-2)9-14(13)15/h3-9H,1-2H3. The molecule has 16 heavy (non-hydrogen) atoms. The summed E-state index contributed by atoms with van der Waals surface area (Å²) < 4.78 is 6.43. The Balaban J connectivity index is 2.53. The third kappa shape index (κ3) is 2.21. The van der Waals surface area contributed by atoms with E-state index in [0.29, 0.717) is 0 Å². The SMILES string of the molecule is COc1ccc(-c2ccccc2C)c(I)c1. The van der Waals surface area contributed by atoms with Crippen LogP contribution in [0.2, 0.25) is 0 Å². The summed E-state index contributed by atoms with van der Waals surface area (Å²) in [4.78, 5) is 0. The lowest BCUT2D eigenvalue weighted by Gasteiger charge is -2.09. The summed E-state index contributed by atoms with van der Waals surface area (Å²) >= 11 is 2.35. The Bertz CT molecular complexity index is 506. The summed E-state index contributed by atoms with van der Waals surface area (Å²) in [5, 5.41) is 0. The fourth-order valence-electron chi connectivity index (χ4n) is 1.72. The highest BCUT2D eigenvalue weighted by Gasteiger charge is 2.06. The number of ether oxygens (including phenoxy) is 1. The minimum Gasteiger partial charge on any atom is -0.497 e. The van der Waals surface area contributed by atoms with Crippen LogP contribution in [0.5, 0.6) is 5.75 Å². The van der Waals surface area contributed by atoms with Gasteiger partial charge in [0.1, 0.15) is 5.75 Å². The topological polar surface area (TPSA) is 9.23 Å². The van der Waals surface area contributed by atoms with Gasteiger partial charge in [0, 0.05) is 3.57 Å². The maximum absolute atomic E-state index is 5.21. The molecule has 2 aromatic rings. The van der Waals surface area contributed by atoms with Crippen molar-refractivity contribution in [3.63, 3.8) is 0 Å². The van der Waals surface area contributed by atoms with E-state index in [1.165, 1.54) is 20.3 Å².